The SMILES string of the molecule is Cc1cc(C#N)cc(C)c1Nc1ccc(F)c(Nc2c(C)cc(C#N)cc2C)n1. The van der Waals surface area contributed by atoms with Crippen molar-refractivity contribution in [2.45, 2.75) is 27.7 Å². The van der Waals surface area contributed by atoms with Crippen LogP contribution >= 0.6 is 0 Å². The molecule has 0 fully saturated rings. The van der Waals surface area contributed by atoms with Crippen LogP contribution in [-0.2, 0) is 0 Å². The molecule has 144 valence electrons. The normalized spacial score (nSPS) is 10.2. The Morgan fingerprint density at radius 3 is 1.66 bits per heavy atom. The van der Waals surface area contributed by atoms with E-state index < -0.39 is 5.82 Å². The Kier molecular flexibility index (Phi) is 5.47. The molecule has 5 nitrogen and oxygen atoms in total. The molecule has 0 aliphatic rings. The molecule has 0 saturated carbocycles. The third-order valence-electron chi connectivity index (χ3n) is 4.67. The molecular weight excluding hydrogens is 365 g/mol. The lowest BCUT2D eigenvalue weighted by molar-refractivity contribution is 0.627. The predicted molar refractivity (Wildman–Crippen MR) is 112 cm³/mol. The topological polar surface area (TPSA) is 84.5 Å². The molecule has 2 N–H and O–H groups in total. The Labute approximate surface area is 169 Å². The highest BCUT2D eigenvalue weighted by Crippen LogP contribution is 2.29. The molecule has 0 bridgehead atoms. The average Bonchev–Trinajstić information content (AvgIpc) is 2.69. The van der Waals surface area contributed by atoms with Gasteiger partial charge in [0.05, 0.1) is 23.3 Å². The molecular formula is C23H20FN5. The number of halogens is 1. The second-order valence-electron chi connectivity index (χ2n) is 6.97. The second-order valence-corrected chi connectivity index (χ2v) is 6.97. The highest BCUT2D eigenvalue weighted by molar-refractivity contribution is 5.70. The molecule has 1 heterocycles. The van der Waals surface area contributed by atoms with Crippen molar-refractivity contribution in [1.82, 2.24) is 4.98 Å². The van der Waals surface area contributed by atoms with Crippen LogP contribution in [0.4, 0.5) is 27.4 Å². The maximum absolute atomic E-state index is 14.4. The van der Waals surface area contributed by atoms with Gasteiger partial charge in [-0.3, -0.25) is 0 Å². The van der Waals surface area contributed by atoms with E-state index in [0.29, 0.717) is 16.9 Å². The highest BCUT2D eigenvalue weighted by atomic mass is 19.1. The van der Waals surface area contributed by atoms with Crippen LogP contribution in [0.25, 0.3) is 0 Å². The van der Waals surface area contributed by atoms with Crippen molar-refractivity contribution in [3.05, 3.63) is 75.6 Å². The van der Waals surface area contributed by atoms with Gasteiger partial charge in [0.25, 0.3) is 0 Å². The molecule has 0 spiro atoms. The molecule has 0 atom stereocenters. The van der Waals surface area contributed by atoms with Crippen molar-refractivity contribution in [2.24, 2.45) is 0 Å². The Balaban J connectivity index is 1.95. The Bertz CT molecular complexity index is 1140. The minimum atomic E-state index is -0.480. The number of pyridine rings is 1. The van der Waals surface area contributed by atoms with Crippen LogP contribution in [-0.4, -0.2) is 4.98 Å². The molecule has 3 rings (SSSR count). The minimum absolute atomic E-state index is 0.0925. The van der Waals surface area contributed by atoms with Gasteiger partial charge in [0, 0.05) is 11.4 Å². The fraction of sp³-hybridized carbons (Fsp3) is 0.174. The molecule has 3 aromatic rings. The molecule has 2 aromatic carbocycles. The van der Waals surface area contributed by atoms with Crippen LogP contribution in [0.2, 0.25) is 0 Å². The Morgan fingerprint density at radius 1 is 0.759 bits per heavy atom. The summed E-state index contributed by atoms with van der Waals surface area (Å²) in [5.41, 5.74) is 6.17. The molecule has 0 aliphatic heterocycles. The van der Waals surface area contributed by atoms with Gasteiger partial charge in [-0.25, -0.2) is 9.37 Å². The first-order valence-electron chi connectivity index (χ1n) is 9.05. The van der Waals surface area contributed by atoms with Crippen molar-refractivity contribution in [3.63, 3.8) is 0 Å². The van der Waals surface area contributed by atoms with Crippen LogP contribution in [0.3, 0.4) is 0 Å². The number of anilines is 4. The van der Waals surface area contributed by atoms with Crippen LogP contribution < -0.4 is 10.6 Å². The van der Waals surface area contributed by atoms with Crippen LogP contribution in [0.1, 0.15) is 33.4 Å². The quantitative estimate of drug-likeness (QED) is 0.603. The maximum Gasteiger partial charge on any atom is 0.168 e. The van der Waals surface area contributed by atoms with E-state index in [1.807, 2.05) is 27.7 Å². The molecule has 6 heteroatoms. The standard InChI is InChI=1S/C23H20FN5/c1-13-7-17(11-25)8-14(2)21(13)27-20-6-5-19(24)23(28-20)29-22-15(3)9-18(12-26)10-16(22)4/h5-10H,1-4H3,(H2,27,28,29). The van der Waals surface area contributed by atoms with Gasteiger partial charge in [-0.2, -0.15) is 10.5 Å². The van der Waals surface area contributed by atoms with Crippen LogP contribution in [0.5, 0.6) is 0 Å². The van der Waals surface area contributed by atoms with Crippen LogP contribution in [0, 0.1) is 56.2 Å². The van der Waals surface area contributed by atoms with Gasteiger partial charge in [0.2, 0.25) is 0 Å². The van der Waals surface area contributed by atoms with Crippen molar-refractivity contribution in [1.29, 1.82) is 10.5 Å². The lowest BCUT2D eigenvalue weighted by Gasteiger charge is -2.16. The van der Waals surface area contributed by atoms with Gasteiger partial charge in [-0.1, -0.05) is 0 Å². The molecule has 0 unspecified atom stereocenters. The highest BCUT2D eigenvalue weighted by Gasteiger charge is 2.12. The number of nitrogens with zero attached hydrogens (tertiary/aromatic N) is 3. The molecule has 0 radical (unpaired) electrons. The summed E-state index contributed by atoms with van der Waals surface area (Å²) in [7, 11) is 0. The summed E-state index contributed by atoms with van der Waals surface area (Å²) in [6, 6.07) is 14.3. The van der Waals surface area contributed by atoms with E-state index in [1.165, 1.54) is 6.07 Å². The lowest BCUT2D eigenvalue weighted by atomic mass is 10.0. The van der Waals surface area contributed by atoms with E-state index in [-0.39, 0.29) is 5.82 Å². The Morgan fingerprint density at radius 2 is 1.21 bits per heavy atom. The van der Waals surface area contributed by atoms with Crippen molar-refractivity contribution >= 4 is 23.0 Å². The summed E-state index contributed by atoms with van der Waals surface area (Å²) in [4.78, 5) is 4.39. The fourth-order valence-corrected chi connectivity index (χ4v) is 3.30. The van der Waals surface area contributed by atoms with Crippen molar-refractivity contribution < 1.29 is 4.39 Å². The van der Waals surface area contributed by atoms with Crippen molar-refractivity contribution in [3.8, 4) is 12.1 Å². The summed E-state index contributed by atoms with van der Waals surface area (Å²) in [5, 5.41) is 24.5. The lowest BCUT2D eigenvalue weighted by Crippen LogP contribution is -2.05. The van der Waals surface area contributed by atoms with E-state index in [0.717, 1.165) is 33.6 Å². The largest absolute Gasteiger partial charge is 0.340 e. The van der Waals surface area contributed by atoms with Crippen molar-refractivity contribution in [2.75, 3.05) is 10.6 Å². The van der Waals surface area contributed by atoms with E-state index in [9.17, 15) is 4.39 Å². The number of rotatable bonds is 4. The predicted octanol–water partition coefficient (Wildman–Crippen LogP) is 5.68. The molecule has 1 aromatic heterocycles. The summed E-state index contributed by atoms with van der Waals surface area (Å²) < 4.78 is 14.4. The number of aryl methyl sites for hydroxylation is 4. The number of hydrogen-bond donors (Lipinski definition) is 2. The Hall–Kier alpha value is -3.90. The first-order chi connectivity index (χ1) is 13.8. The maximum atomic E-state index is 14.4. The smallest absolute Gasteiger partial charge is 0.168 e. The van der Waals surface area contributed by atoms with Gasteiger partial charge >= 0.3 is 0 Å². The van der Waals surface area contributed by atoms with Crippen LogP contribution in [0.15, 0.2) is 36.4 Å². The van der Waals surface area contributed by atoms with E-state index in [4.69, 9.17) is 10.5 Å². The molecule has 0 saturated heterocycles. The third-order valence-corrected chi connectivity index (χ3v) is 4.67. The monoisotopic (exact) mass is 385 g/mol. The molecule has 0 aliphatic carbocycles. The number of benzene rings is 2. The molecule has 0 amide bonds. The second kappa shape index (κ2) is 8.00. The van der Waals surface area contributed by atoms with Gasteiger partial charge < -0.3 is 10.6 Å². The zero-order chi connectivity index (χ0) is 21.1. The average molecular weight is 385 g/mol. The number of nitrogens with one attached hydrogen (secondary N) is 2. The van der Waals surface area contributed by atoms with Gasteiger partial charge in [-0.15, -0.1) is 0 Å². The minimum Gasteiger partial charge on any atom is -0.340 e. The van der Waals surface area contributed by atoms with Gasteiger partial charge in [0.1, 0.15) is 5.82 Å². The van der Waals surface area contributed by atoms with E-state index >= 15 is 0 Å². The third kappa shape index (κ3) is 4.17. The first-order valence-corrected chi connectivity index (χ1v) is 9.05. The van der Waals surface area contributed by atoms with Gasteiger partial charge in [-0.05, 0) is 86.3 Å². The fourth-order valence-electron chi connectivity index (χ4n) is 3.30. The summed E-state index contributed by atoms with van der Waals surface area (Å²) in [6.07, 6.45) is 0. The molecule has 29 heavy (non-hydrogen) atoms. The summed E-state index contributed by atoms with van der Waals surface area (Å²) >= 11 is 0. The summed E-state index contributed by atoms with van der Waals surface area (Å²) in [6.45, 7) is 7.53. The zero-order valence-electron chi connectivity index (χ0n) is 16.7. The number of aromatic nitrogens is 1. The summed E-state index contributed by atoms with van der Waals surface area (Å²) in [5.74, 6) is 0.0931. The van der Waals surface area contributed by atoms with E-state index in [1.54, 1.807) is 30.3 Å². The van der Waals surface area contributed by atoms with Gasteiger partial charge in [0.15, 0.2) is 11.6 Å². The van der Waals surface area contributed by atoms with E-state index in [2.05, 4.69) is 27.8 Å². The first kappa shape index (κ1) is 19.9. The number of nitriles is 2. The zero-order valence-corrected chi connectivity index (χ0v) is 16.7. The number of hydrogen-bond acceptors (Lipinski definition) is 5.